The summed E-state index contributed by atoms with van der Waals surface area (Å²) in [7, 11) is 0. The molecule has 0 bridgehead atoms. The summed E-state index contributed by atoms with van der Waals surface area (Å²) in [6, 6.07) is 16.8. The molecular weight excluding hydrogens is 552 g/mol. The third kappa shape index (κ3) is 5.57. The largest absolute Gasteiger partial charge is 0.478 e. The number of nitrogens with one attached hydrogen (secondary N) is 2. The van der Waals surface area contributed by atoms with Crippen LogP contribution in [0.25, 0.3) is 0 Å². The molecule has 3 aromatic rings. The number of amides is 1. The predicted molar refractivity (Wildman–Crippen MR) is 154 cm³/mol. The summed E-state index contributed by atoms with van der Waals surface area (Å²) in [5.74, 6) is -3.22. The van der Waals surface area contributed by atoms with Gasteiger partial charge in [0.15, 0.2) is 0 Å². The molecule has 0 aromatic heterocycles. The van der Waals surface area contributed by atoms with Gasteiger partial charge in [0.1, 0.15) is 11.2 Å². The molecule has 3 N–H and O–H groups in total. The van der Waals surface area contributed by atoms with Crippen molar-refractivity contribution in [1.29, 1.82) is 5.26 Å². The summed E-state index contributed by atoms with van der Waals surface area (Å²) < 4.78 is 15.7. The predicted octanol–water partition coefficient (Wildman–Crippen LogP) is 7.10. The first-order chi connectivity index (χ1) is 18.8. The van der Waals surface area contributed by atoms with Crippen LogP contribution in [0.3, 0.4) is 0 Å². The number of benzene rings is 3. The van der Waals surface area contributed by atoms with Crippen molar-refractivity contribution in [3.63, 3.8) is 0 Å². The Hall–Kier alpha value is -3.44. The Balaban J connectivity index is 1.90. The van der Waals surface area contributed by atoms with E-state index in [1.54, 1.807) is 49.4 Å². The van der Waals surface area contributed by atoms with Crippen LogP contribution < -0.4 is 10.6 Å². The number of hydrogen-bond acceptors (Lipinski definition) is 4. The molecule has 208 valence electrons. The molecule has 1 saturated heterocycles. The van der Waals surface area contributed by atoms with Gasteiger partial charge < -0.3 is 15.7 Å². The Bertz CT molecular complexity index is 1500. The highest BCUT2D eigenvalue weighted by atomic mass is 35.5. The van der Waals surface area contributed by atoms with E-state index in [9.17, 15) is 20.0 Å². The second-order valence-electron chi connectivity index (χ2n) is 11.4. The van der Waals surface area contributed by atoms with E-state index in [4.69, 9.17) is 23.2 Å². The number of aromatic carboxylic acids is 1. The number of carbonyl (C=O) groups excluding carboxylic acids is 1. The smallest absolute Gasteiger partial charge is 0.335 e. The minimum Gasteiger partial charge on any atom is -0.478 e. The highest BCUT2D eigenvalue weighted by Crippen LogP contribution is 2.52. The van der Waals surface area contributed by atoms with Gasteiger partial charge in [-0.2, -0.15) is 5.26 Å². The van der Waals surface area contributed by atoms with Gasteiger partial charge in [-0.15, -0.1) is 0 Å². The van der Waals surface area contributed by atoms with E-state index >= 15 is 4.39 Å². The fourth-order valence-electron chi connectivity index (χ4n) is 5.69. The van der Waals surface area contributed by atoms with Crippen LogP contribution in [0.2, 0.25) is 10.0 Å². The lowest BCUT2D eigenvalue weighted by atomic mass is 9.63. The van der Waals surface area contributed by atoms with Crippen molar-refractivity contribution in [2.45, 2.75) is 57.5 Å². The molecule has 40 heavy (non-hydrogen) atoms. The van der Waals surface area contributed by atoms with Gasteiger partial charge in [-0.05, 0) is 71.8 Å². The Morgan fingerprint density at radius 1 is 1.12 bits per heavy atom. The number of anilines is 1. The molecule has 1 aliphatic rings. The van der Waals surface area contributed by atoms with Crippen LogP contribution in [-0.4, -0.2) is 29.1 Å². The van der Waals surface area contributed by atoms with Crippen molar-refractivity contribution in [3.8, 4) is 6.07 Å². The van der Waals surface area contributed by atoms with E-state index in [0.717, 1.165) is 0 Å². The Morgan fingerprint density at radius 3 is 2.38 bits per heavy atom. The number of aryl methyl sites for hydroxylation is 1. The second-order valence-corrected chi connectivity index (χ2v) is 12.2. The van der Waals surface area contributed by atoms with Crippen LogP contribution in [0, 0.1) is 29.5 Å². The molecule has 0 unspecified atom stereocenters. The van der Waals surface area contributed by atoms with Gasteiger partial charge in [0.2, 0.25) is 5.91 Å². The fourth-order valence-corrected chi connectivity index (χ4v) is 6.00. The van der Waals surface area contributed by atoms with Crippen molar-refractivity contribution in [2.24, 2.45) is 5.41 Å². The molecule has 3 aromatic carbocycles. The number of halogens is 3. The average molecular weight is 583 g/mol. The zero-order valence-corrected chi connectivity index (χ0v) is 24.1. The van der Waals surface area contributed by atoms with Crippen LogP contribution in [0.1, 0.15) is 60.2 Å². The Morgan fingerprint density at radius 2 is 1.80 bits per heavy atom. The van der Waals surface area contributed by atoms with Crippen molar-refractivity contribution in [3.05, 3.63) is 98.8 Å². The number of carboxylic acids is 1. The van der Waals surface area contributed by atoms with E-state index in [1.165, 1.54) is 18.2 Å². The van der Waals surface area contributed by atoms with Gasteiger partial charge in [0, 0.05) is 22.7 Å². The van der Waals surface area contributed by atoms with Crippen molar-refractivity contribution < 1.29 is 19.1 Å². The second kappa shape index (κ2) is 11.2. The molecule has 1 heterocycles. The lowest BCUT2D eigenvalue weighted by Crippen LogP contribution is -2.44. The fraction of sp³-hybridized carbons (Fsp3) is 0.323. The summed E-state index contributed by atoms with van der Waals surface area (Å²) in [4.78, 5) is 25.4. The maximum absolute atomic E-state index is 15.7. The summed E-state index contributed by atoms with van der Waals surface area (Å²) in [6.45, 7) is 7.74. The maximum atomic E-state index is 15.7. The van der Waals surface area contributed by atoms with E-state index in [0.29, 0.717) is 28.3 Å². The van der Waals surface area contributed by atoms with E-state index in [2.05, 4.69) is 16.7 Å². The van der Waals surface area contributed by atoms with Crippen LogP contribution in [-0.2, 0) is 10.2 Å². The lowest BCUT2D eigenvalue weighted by Gasteiger charge is -2.37. The molecule has 4 atom stereocenters. The quantitative estimate of drug-likeness (QED) is 0.288. The number of nitrogens with zero attached hydrogens (tertiary/aromatic N) is 1. The van der Waals surface area contributed by atoms with Crippen LogP contribution in [0.5, 0.6) is 0 Å². The number of carboxylic acid groups (broad SMARTS) is 1. The number of carbonyl (C=O) groups is 2. The van der Waals surface area contributed by atoms with Gasteiger partial charge in [0.05, 0.1) is 22.7 Å². The molecule has 1 amide bonds. The number of hydrogen-bond donors (Lipinski definition) is 3. The normalized spacial score (nSPS) is 22.5. The van der Waals surface area contributed by atoms with Crippen molar-refractivity contribution in [2.75, 3.05) is 5.32 Å². The molecule has 9 heteroatoms. The lowest BCUT2D eigenvalue weighted by molar-refractivity contribution is -0.118. The van der Waals surface area contributed by atoms with Gasteiger partial charge in [-0.1, -0.05) is 68.2 Å². The minimum absolute atomic E-state index is 0.112. The third-order valence-corrected chi connectivity index (χ3v) is 7.94. The minimum atomic E-state index is -1.37. The van der Waals surface area contributed by atoms with Crippen LogP contribution in [0.4, 0.5) is 10.1 Å². The molecule has 0 saturated carbocycles. The third-order valence-electron chi connectivity index (χ3n) is 7.40. The van der Waals surface area contributed by atoms with Gasteiger partial charge >= 0.3 is 5.97 Å². The van der Waals surface area contributed by atoms with Crippen molar-refractivity contribution >= 4 is 40.8 Å². The van der Waals surface area contributed by atoms with Gasteiger partial charge in [0.25, 0.3) is 0 Å². The number of rotatable bonds is 6. The Labute approximate surface area is 243 Å². The van der Waals surface area contributed by atoms with E-state index in [-0.39, 0.29) is 21.6 Å². The highest BCUT2D eigenvalue weighted by molar-refractivity contribution is 6.31. The topological polar surface area (TPSA) is 102 Å². The van der Waals surface area contributed by atoms with E-state index in [1.807, 2.05) is 20.8 Å². The molecule has 6 nitrogen and oxygen atoms in total. The average Bonchev–Trinajstić information content (AvgIpc) is 3.19. The van der Waals surface area contributed by atoms with Crippen LogP contribution in [0.15, 0.2) is 60.7 Å². The molecule has 0 spiro atoms. The monoisotopic (exact) mass is 581 g/mol. The van der Waals surface area contributed by atoms with Crippen LogP contribution >= 0.6 is 23.2 Å². The summed E-state index contributed by atoms with van der Waals surface area (Å²) in [6.07, 6.45) is 0.498. The highest BCUT2D eigenvalue weighted by Gasteiger charge is 2.60. The first kappa shape index (κ1) is 29.5. The summed E-state index contributed by atoms with van der Waals surface area (Å²) in [5, 5.41) is 26.9. The molecular formula is C31H30Cl2FN3O3. The summed E-state index contributed by atoms with van der Waals surface area (Å²) in [5.41, 5.74) is 0.0984. The molecule has 4 rings (SSSR count). The zero-order valence-electron chi connectivity index (χ0n) is 22.6. The van der Waals surface area contributed by atoms with Gasteiger partial charge in [-0.25, -0.2) is 9.18 Å². The Kier molecular flexibility index (Phi) is 8.28. The first-order valence-corrected chi connectivity index (χ1v) is 13.6. The SMILES string of the molecule is Cc1cc(NC(=O)[C@@H]2N[C@@H](CC(C)(C)C)[C@](C#N)(c3ccc(Cl)cc3)[C@H]2c2cccc(Cl)c2F)ccc1C(=O)O. The first-order valence-electron chi connectivity index (χ1n) is 12.8. The zero-order chi connectivity index (χ0) is 29.4. The molecule has 0 radical (unpaired) electrons. The molecule has 1 aliphatic heterocycles. The van der Waals surface area contributed by atoms with Crippen molar-refractivity contribution in [1.82, 2.24) is 5.32 Å². The summed E-state index contributed by atoms with van der Waals surface area (Å²) >= 11 is 12.4. The standard InChI is InChI=1S/C31H30Cl2FN3O3/c1-17-14-20(12-13-21(17)29(39)40)36-28(38)27-25(22-6-5-7-23(33)26(22)34)31(16-35,18-8-10-19(32)11-9-18)24(37-27)15-30(2,3)4/h5-14,24-25,27,37H,15H2,1-4H3,(H,36,38)(H,39,40)/t24-,25-,27+,31-/m0/s1. The molecule has 1 fully saturated rings. The van der Waals surface area contributed by atoms with Gasteiger partial charge in [-0.3, -0.25) is 4.79 Å². The number of nitriles is 1. The van der Waals surface area contributed by atoms with E-state index < -0.39 is 41.1 Å². The maximum Gasteiger partial charge on any atom is 0.335 e. The molecule has 0 aliphatic carbocycles.